The van der Waals surface area contributed by atoms with Crippen LogP contribution in [0.5, 0.6) is 0 Å². The van der Waals surface area contributed by atoms with Gasteiger partial charge >= 0.3 is 23.2 Å². The Morgan fingerprint density at radius 1 is 1.05 bits per heavy atom. The van der Waals surface area contributed by atoms with Gasteiger partial charge in [0, 0.05) is 17.5 Å². The van der Waals surface area contributed by atoms with Crippen LogP contribution in [0, 0.1) is 0 Å². The van der Waals surface area contributed by atoms with Crippen molar-refractivity contribution in [2.45, 2.75) is 50.6 Å². The molecule has 3 rings (SSSR count). The molecule has 2 heterocycles. The summed E-state index contributed by atoms with van der Waals surface area (Å²) in [5, 5.41) is 0.760. The molecule has 5 heteroatoms. The second-order valence-corrected chi connectivity index (χ2v) is 5.78. The molecule has 112 valence electrons. The van der Waals surface area contributed by atoms with Crippen LogP contribution in [0.4, 0.5) is 0 Å². The van der Waals surface area contributed by atoms with Crippen molar-refractivity contribution >= 4 is 17.5 Å². The second-order valence-electron chi connectivity index (χ2n) is 5.35. The van der Waals surface area contributed by atoms with E-state index in [0.717, 1.165) is 44.1 Å². The molecule has 2 saturated heterocycles. The zero-order valence-corrected chi connectivity index (χ0v) is 14.2. The fourth-order valence-corrected chi connectivity index (χ4v) is 3.50. The van der Waals surface area contributed by atoms with E-state index in [1.54, 1.807) is 0 Å². The van der Waals surface area contributed by atoms with Crippen molar-refractivity contribution in [3.8, 4) is 0 Å². The van der Waals surface area contributed by atoms with E-state index >= 15 is 0 Å². The summed E-state index contributed by atoms with van der Waals surface area (Å²) in [6, 6.07) is 8.73. The molecule has 1 aromatic rings. The summed E-state index contributed by atoms with van der Waals surface area (Å²) in [7, 11) is 0. The van der Waals surface area contributed by atoms with Gasteiger partial charge in [-0.1, -0.05) is 23.7 Å². The summed E-state index contributed by atoms with van der Waals surface area (Å²) in [6.07, 6.45) is 6.45. The van der Waals surface area contributed by atoms with Crippen molar-refractivity contribution in [3.05, 3.63) is 34.9 Å². The topological polar surface area (TPSA) is 37.4 Å². The van der Waals surface area contributed by atoms with Gasteiger partial charge in [-0.05, 0) is 49.8 Å². The van der Waals surface area contributed by atoms with E-state index in [4.69, 9.17) is 15.0 Å². The average Bonchev–Trinajstić information content (AvgIpc) is 2.50. The number of nitrogens with zero attached hydrogens (tertiary/aromatic N) is 1. The minimum absolute atomic E-state index is 0.272. The van der Waals surface area contributed by atoms with Gasteiger partial charge in [-0.2, -0.15) is 0 Å². The molecular formula is C15H18ClNO2Pt. The van der Waals surface area contributed by atoms with Gasteiger partial charge in [0.1, 0.15) is 0 Å². The molecule has 0 saturated carbocycles. The maximum absolute atomic E-state index is 12.2. The predicted molar refractivity (Wildman–Crippen MR) is 73.2 cm³/mol. The number of piperidine rings is 2. The Labute approximate surface area is 135 Å². The van der Waals surface area contributed by atoms with Gasteiger partial charge in [0.15, 0.2) is 0 Å². The SMILES string of the molecule is O=C1CCC[C@H]2CCC[C@@H](c3ccc(Cl)cc3)N12.[O]=[Pt]. The van der Waals surface area contributed by atoms with E-state index in [1.165, 1.54) is 24.8 Å². The van der Waals surface area contributed by atoms with Crippen molar-refractivity contribution in [1.29, 1.82) is 0 Å². The first-order valence-electron chi connectivity index (χ1n) is 6.95. The fraction of sp³-hybridized carbons (Fsp3) is 0.533. The van der Waals surface area contributed by atoms with Crippen LogP contribution >= 0.6 is 11.6 Å². The molecule has 20 heavy (non-hydrogen) atoms. The third-order valence-corrected chi connectivity index (χ3v) is 4.47. The van der Waals surface area contributed by atoms with Gasteiger partial charge in [-0.25, -0.2) is 0 Å². The van der Waals surface area contributed by atoms with E-state index in [0.29, 0.717) is 11.9 Å². The molecule has 0 spiro atoms. The van der Waals surface area contributed by atoms with Crippen LogP contribution in [0.15, 0.2) is 24.3 Å². The van der Waals surface area contributed by atoms with Crippen LogP contribution in [0.3, 0.4) is 0 Å². The molecule has 1 amide bonds. The number of hydrogen-bond donors (Lipinski definition) is 0. The van der Waals surface area contributed by atoms with Crippen molar-refractivity contribution in [3.63, 3.8) is 0 Å². The molecule has 0 bridgehead atoms. The molecule has 0 unspecified atom stereocenters. The van der Waals surface area contributed by atoms with E-state index in [1.807, 2.05) is 12.1 Å². The summed E-state index contributed by atoms with van der Waals surface area (Å²) >= 11 is 6.82. The van der Waals surface area contributed by atoms with Crippen LogP contribution < -0.4 is 0 Å². The number of carbonyl (C=O) groups is 1. The number of carbonyl (C=O) groups excluding carboxylic acids is 1. The Morgan fingerprint density at radius 2 is 1.70 bits per heavy atom. The summed E-state index contributed by atoms with van der Waals surface area (Å²) < 4.78 is 8.22. The quantitative estimate of drug-likeness (QED) is 0.620. The molecule has 3 nitrogen and oxygen atoms in total. The molecule has 1 aromatic carbocycles. The van der Waals surface area contributed by atoms with E-state index < -0.39 is 0 Å². The third-order valence-electron chi connectivity index (χ3n) is 4.21. The first kappa shape index (κ1) is 15.8. The first-order valence-corrected chi connectivity index (χ1v) is 8.26. The summed E-state index contributed by atoms with van der Waals surface area (Å²) in [5.41, 5.74) is 1.24. The number of rotatable bonds is 1. The molecule has 2 aliphatic heterocycles. The molecule has 2 atom stereocenters. The third kappa shape index (κ3) is 3.37. The normalized spacial score (nSPS) is 25.6. The summed E-state index contributed by atoms with van der Waals surface area (Å²) in [6.45, 7) is 0. The van der Waals surface area contributed by atoms with Crippen molar-refractivity contribution in [1.82, 2.24) is 4.90 Å². The van der Waals surface area contributed by atoms with Crippen molar-refractivity contribution in [2.24, 2.45) is 0 Å². The van der Waals surface area contributed by atoms with Gasteiger partial charge in [0.2, 0.25) is 5.91 Å². The zero-order valence-electron chi connectivity index (χ0n) is 11.2. The fourth-order valence-electron chi connectivity index (χ4n) is 3.37. The van der Waals surface area contributed by atoms with E-state index in [2.05, 4.69) is 17.0 Å². The first-order chi connectivity index (χ1) is 9.75. The Balaban J connectivity index is 0.000000704. The molecule has 2 aliphatic rings. The van der Waals surface area contributed by atoms with E-state index in [9.17, 15) is 4.79 Å². The van der Waals surface area contributed by atoms with Gasteiger partial charge in [-0.15, -0.1) is 0 Å². The zero-order chi connectivity index (χ0) is 14.5. The maximum atomic E-state index is 12.2. The average molecular weight is 475 g/mol. The summed E-state index contributed by atoms with van der Waals surface area (Å²) in [5.74, 6) is 0.339. The molecular weight excluding hydrogens is 457 g/mol. The standard InChI is InChI=1S/C15H18ClNO.O.Pt/c16-12-9-7-11(8-10-12)14-5-1-3-13-4-2-6-15(18)17(13)14;;/h7-10,13-14H,1-6H2;;/t13-,14+;;/m1../s1. The second kappa shape index (κ2) is 7.47. The van der Waals surface area contributed by atoms with Crippen LogP contribution in [-0.4, -0.2) is 16.8 Å². The Bertz CT molecular complexity index is 463. The summed E-state index contributed by atoms with van der Waals surface area (Å²) in [4.78, 5) is 14.3. The van der Waals surface area contributed by atoms with Crippen molar-refractivity contribution < 1.29 is 28.0 Å². The molecule has 2 fully saturated rings. The molecule has 0 N–H and O–H groups in total. The number of fused-ring (bicyclic) bond motifs is 1. The minimum atomic E-state index is 0.272. The monoisotopic (exact) mass is 474 g/mol. The molecule has 0 radical (unpaired) electrons. The predicted octanol–water partition coefficient (Wildman–Crippen LogP) is 3.82. The Morgan fingerprint density at radius 3 is 2.40 bits per heavy atom. The Kier molecular flexibility index (Phi) is 5.92. The Hall–Kier alpha value is -0.532. The van der Waals surface area contributed by atoms with Crippen LogP contribution in [0.2, 0.25) is 5.02 Å². The van der Waals surface area contributed by atoms with Crippen LogP contribution in [-0.2, 0) is 28.0 Å². The van der Waals surface area contributed by atoms with Crippen LogP contribution in [0.25, 0.3) is 0 Å². The van der Waals surface area contributed by atoms with Gasteiger partial charge < -0.3 is 4.90 Å². The van der Waals surface area contributed by atoms with Crippen molar-refractivity contribution in [2.75, 3.05) is 0 Å². The van der Waals surface area contributed by atoms with Crippen LogP contribution in [0.1, 0.15) is 50.1 Å². The van der Waals surface area contributed by atoms with Gasteiger partial charge in [-0.3, -0.25) is 4.79 Å². The molecule has 0 aromatic heterocycles. The van der Waals surface area contributed by atoms with Gasteiger partial charge in [0.25, 0.3) is 0 Å². The molecule has 0 aliphatic carbocycles. The number of halogens is 1. The van der Waals surface area contributed by atoms with Gasteiger partial charge in [0.05, 0.1) is 6.04 Å². The number of amides is 1. The number of hydrogen-bond acceptors (Lipinski definition) is 2. The number of benzene rings is 1. The van der Waals surface area contributed by atoms with E-state index in [-0.39, 0.29) is 6.04 Å².